The molecule has 4 heteroatoms. The van der Waals surface area contributed by atoms with Crippen molar-refractivity contribution in [1.29, 1.82) is 0 Å². The maximum atomic E-state index is 12.9. The maximum absolute atomic E-state index is 12.9. The minimum atomic E-state index is -0.666. The Kier molecular flexibility index (Phi) is 3.17. The fourth-order valence-corrected chi connectivity index (χ4v) is 1.58. The van der Waals surface area contributed by atoms with Gasteiger partial charge in [0.2, 0.25) is 0 Å². The van der Waals surface area contributed by atoms with Gasteiger partial charge in [0.25, 0.3) is 0 Å². The number of benzene rings is 1. The van der Waals surface area contributed by atoms with Gasteiger partial charge in [-0.1, -0.05) is 15.9 Å². The zero-order valence-corrected chi connectivity index (χ0v) is 7.74. The lowest BCUT2D eigenvalue weighted by molar-refractivity contribution is 0.279. The van der Waals surface area contributed by atoms with Crippen molar-refractivity contribution in [2.75, 3.05) is 0 Å². The van der Waals surface area contributed by atoms with E-state index in [1.54, 1.807) is 0 Å². The topological polar surface area (TPSA) is 20.2 Å². The zero-order chi connectivity index (χ0) is 9.14. The van der Waals surface area contributed by atoms with Crippen LogP contribution < -0.4 is 0 Å². The van der Waals surface area contributed by atoms with Crippen molar-refractivity contribution in [2.24, 2.45) is 0 Å². The summed E-state index contributed by atoms with van der Waals surface area (Å²) in [5.74, 6) is -1.29. The molecule has 0 saturated heterocycles. The van der Waals surface area contributed by atoms with E-state index >= 15 is 0 Å². The number of alkyl halides is 1. The van der Waals surface area contributed by atoms with E-state index in [1.165, 1.54) is 0 Å². The summed E-state index contributed by atoms with van der Waals surface area (Å²) in [6.45, 7) is -0.352. The van der Waals surface area contributed by atoms with Crippen LogP contribution in [-0.4, -0.2) is 5.11 Å². The molecule has 0 spiro atoms. The van der Waals surface area contributed by atoms with Crippen molar-refractivity contribution in [1.82, 2.24) is 0 Å². The Labute approximate surface area is 77.2 Å². The molecule has 12 heavy (non-hydrogen) atoms. The Bertz CT molecular complexity index is 289. The highest BCUT2D eigenvalue weighted by Gasteiger charge is 2.08. The van der Waals surface area contributed by atoms with E-state index in [0.29, 0.717) is 5.56 Å². The molecular formula is C8H7BrF2O. The number of halogens is 3. The van der Waals surface area contributed by atoms with E-state index in [9.17, 15) is 8.78 Å². The first-order valence-corrected chi connectivity index (χ1v) is 4.44. The van der Waals surface area contributed by atoms with Gasteiger partial charge >= 0.3 is 0 Å². The molecule has 1 aromatic carbocycles. The Morgan fingerprint density at radius 3 is 2.50 bits per heavy atom. The van der Waals surface area contributed by atoms with E-state index in [4.69, 9.17) is 5.11 Å². The highest BCUT2D eigenvalue weighted by molar-refractivity contribution is 9.08. The van der Waals surface area contributed by atoms with Crippen molar-refractivity contribution in [2.45, 2.75) is 11.9 Å². The van der Waals surface area contributed by atoms with Crippen LogP contribution in [0.1, 0.15) is 11.1 Å². The summed E-state index contributed by atoms with van der Waals surface area (Å²) in [5.41, 5.74) is 0.586. The van der Waals surface area contributed by atoms with Crippen LogP contribution in [0.15, 0.2) is 12.1 Å². The molecule has 0 bridgehead atoms. The first kappa shape index (κ1) is 9.61. The van der Waals surface area contributed by atoms with Gasteiger partial charge in [-0.05, 0) is 11.6 Å². The molecule has 1 rings (SSSR count). The molecule has 66 valence electrons. The van der Waals surface area contributed by atoms with Crippen molar-refractivity contribution in [3.8, 4) is 0 Å². The van der Waals surface area contributed by atoms with Gasteiger partial charge in [-0.2, -0.15) is 0 Å². The van der Waals surface area contributed by atoms with Gasteiger partial charge < -0.3 is 5.11 Å². The summed E-state index contributed by atoms with van der Waals surface area (Å²) in [6, 6.07) is 1.93. The molecule has 0 fully saturated rings. The SMILES string of the molecule is OCc1cc(F)cc(F)c1CBr. The molecule has 0 atom stereocenters. The molecule has 0 aliphatic rings. The largest absolute Gasteiger partial charge is 0.392 e. The second-order valence-electron chi connectivity index (χ2n) is 2.32. The standard InChI is InChI=1S/C8H7BrF2O/c9-3-7-5(4-12)1-6(10)2-8(7)11/h1-2,12H,3-4H2. The minimum Gasteiger partial charge on any atom is -0.392 e. The molecular weight excluding hydrogens is 230 g/mol. The van der Waals surface area contributed by atoms with Crippen LogP contribution in [-0.2, 0) is 11.9 Å². The lowest BCUT2D eigenvalue weighted by Crippen LogP contribution is -1.97. The number of aliphatic hydroxyl groups excluding tert-OH is 1. The first-order valence-electron chi connectivity index (χ1n) is 3.32. The molecule has 1 nitrogen and oxygen atoms in total. The average molecular weight is 237 g/mol. The molecule has 0 aliphatic carbocycles. The molecule has 0 aromatic heterocycles. The highest BCUT2D eigenvalue weighted by atomic mass is 79.9. The minimum absolute atomic E-state index is 0.273. The quantitative estimate of drug-likeness (QED) is 0.782. The third-order valence-electron chi connectivity index (χ3n) is 1.56. The van der Waals surface area contributed by atoms with Crippen LogP contribution in [0.3, 0.4) is 0 Å². The van der Waals surface area contributed by atoms with E-state index < -0.39 is 11.6 Å². The Balaban J connectivity index is 3.24. The molecule has 1 N–H and O–H groups in total. The van der Waals surface area contributed by atoms with Gasteiger partial charge in [-0.25, -0.2) is 8.78 Å². The van der Waals surface area contributed by atoms with Crippen molar-refractivity contribution < 1.29 is 13.9 Å². The zero-order valence-electron chi connectivity index (χ0n) is 6.15. The van der Waals surface area contributed by atoms with E-state index in [2.05, 4.69) is 15.9 Å². The summed E-state index contributed by atoms with van der Waals surface area (Å²) < 4.78 is 25.5. The van der Waals surface area contributed by atoms with E-state index in [0.717, 1.165) is 12.1 Å². The third kappa shape index (κ3) is 1.81. The van der Waals surface area contributed by atoms with Crippen LogP contribution in [0.25, 0.3) is 0 Å². The van der Waals surface area contributed by atoms with Gasteiger partial charge in [-0.3, -0.25) is 0 Å². The van der Waals surface area contributed by atoms with Crippen molar-refractivity contribution >= 4 is 15.9 Å². The van der Waals surface area contributed by atoms with Crippen LogP contribution in [0.4, 0.5) is 8.78 Å². The Morgan fingerprint density at radius 1 is 1.33 bits per heavy atom. The van der Waals surface area contributed by atoms with Crippen LogP contribution >= 0.6 is 15.9 Å². The molecule has 0 heterocycles. The number of aliphatic hydroxyl groups is 1. The molecule has 0 unspecified atom stereocenters. The van der Waals surface area contributed by atoms with Gasteiger partial charge in [0, 0.05) is 17.0 Å². The molecule has 0 saturated carbocycles. The van der Waals surface area contributed by atoms with Crippen LogP contribution in [0.2, 0.25) is 0 Å². The van der Waals surface area contributed by atoms with Gasteiger partial charge in [0.15, 0.2) is 0 Å². The normalized spacial score (nSPS) is 10.3. The fourth-order valence-electron chi connectivity index (χ4n) is 0.948. The summed E-state index contributed by atoms with van der Waals surface area (Å²) >= 11 is 3.05. The molecule has 1 aromatic rings. The third-order valence-corrected chi connectivity index (χ3v) is 2.12. The Hall–Kier alpha value is -0.480. The van der Waals surface area contributed by atoms with Crippen molar-refractivity contribution in [3.05, 3.63) is 34.9 Å². The molecule has 0 amide bonds. The smallest absolute Gasteiger partial charge is 0.130 e. The Morgan fingerprint density at radius 2 is 2.00 bits per heavy atom. The lowest BCUT2D eigenvalue weighted by Gasteiger charge is -2.05. The second kappa shape index (κ2) is 3.96. The summed E-state index contributed by atoms with van der Waals surface area (Å²) in [7, 11) is 0. The predicted octanol–water partition coefficient (Wildman–Crippen LogP) is 2.35. The van der Waals surface area contributed by atoms with E-state index in [-0.39, 0.29) is 17.5 Å². The van der Waals surface area contributed by atoms with Crippen LogP contribution in [0.5, 0.6) is 0 Å². The fraction of sp³-hybridized carbons (Fsp3) is 0.250. The molecule has 0 aliphatic heterocycles. The van der Waals surface area contributed by atoms with Crippen molar-refractivity contribution in [3.63, 3.8) is 0 Å². The second-order valence-corrected chi connectivity index (χ2v) is 2.88. The van der Waals surface area contributed by atoms with Gasteiger partial charge in [0.05, 0.1) is 6.61 Å². The monoisotopic (exact) mass is 236 g/mol. The van der Waals surface area contributed by atoms with Gasteiger partial charge in [0.1, 0.15) is 11.6 Å². The predicted molar refractivity (Wildman–Crippen MR) is 44.9 cm³/mol. The summed E-state index contributed by atoms with van der Waals surface area (Å²) in [6.07, 6.45) is 0. The first-order chi connectivity index (χ1) is 5.69. The summed E-state index contributed by atoms with van der Waals surface area (Å²) in [4.78, 5) is 0. The highest BCUT2D eigenvalue weighted by Crippen LogP contribution is 2.18. The lowest BCUT2D eigenvalue weighted by atomic mass is 10.1. The average Bonchev–Trinajstić information content (AvgIpc) is 2.03. The van der Waals surface area contributed by atoms with Gasteiger partial charge in [-0.15, -0.1) is 0 Å². The number of rotatable bonds is 2. The maximum Gasteiger partial charge on any atom is 0.130 e. The molecule has 0 radical (unpaired) electrons. The van der Waals surface area contributed by atoms with E-state index in [1.807, 2.05) is 0 Å². The summed E-state index contributed by atoms with van der Waals surface area (Å²) in [5, 5.41) is 9.02. The van der Waals surface area contributed by atoms with Crippen LogP contribution in [0, 0.1) is 11.6 Å². The number of hydrogen-bond acceptors (Lipinski definition) is 1. The number of hydrogen-bond donors (Lipinski definition) is 1.